The van der Waals surface area contributed by atoms with Gasteiger partial charge in [0, 0.05) is 26.0 Å². The van der Waals surface area contributed by atoms with Gasteiger partial charge in [0.25, 0.3) is 0 Å². The summed E-state index contributed by atoms with van der Waals surface area (Å²) in [7, 11) is 3.99. The van der Waals surface area contributed by atoms with Gasteiger partial charge in [-0.05, 0) is 68.7 Å². The summed E-state index contributed by atoms with van der Waals surface area (Å²) in [5, 5.41) is 4.86. The fourth-order valence-corrected chi connectivity index (χ4v) is 5.26. The third kappa shape index (κ3) is 10.2. The average Bonchev–Trinajstić information content (AvgIpc) is 2.92. The normalized spacial score (nSPS) is 17.7. The largest absolute Gasteiger partial charge is 0.362 e. The van der Waals surface area contributed by atoms with Gasteiger partial charge in [0.05, 0.1) is 5.52 Å². The first-order chi connectivity index (χ1) is 18.5. The highest BCUT2D eigenvalue weighted by molar-refractivity contribution is 5.89. The third-order valence-corrected chi connectivity index (χ3v) is 7.56. The maximum Gasteiger partial charge on any atom is 0.139 e. The topological polar surface area (TPSA) is 41.1 Å². The molecule has 2 aromatic carbocycles. The molecule has 0 bridgehead atoms. The number of rotatable bonds is 11. The number of nitrogens with zero attached hydrogens (tertiary/aromatic N) is 3. The fraction of sp³-hybridized carbons (Fsp3) is 0.529. The smallest absolute Gasteiger partial charge is 0.139 e. The van der Waals surface area contributed by atoms with E-state index in [1.807, 2.05) is 50.2 Å². The summed E-state index contributed by atoms with van der Waals surface area (Å²) in [4.78, 5) is 10.8. The van der Waals surface area contributed by atoms with E-state index in [1.165, 1.54) is 69.9 Å². The number of hydrogen-bond acceptors (Lipinski definition) is 4. The number of unbranched alkanes of at least 4 members (excludes halogenated alkanes) is 3. The van der Waals surface area contributed by atoms with E-state index in [-0.39, 0.29) is 0 Å². The maximum absolute atomic E-state index is 4.42. The molecule has 1 aliphatic rings. The molecule has 1 aromatic heterocycles. The van der Waals surface area contributed by atoms with E-state index in [2.05, 4.69) is 65.5 Å². The number of aromatic nitrogens is 2. The summed E-state index contributed by atoms with van der Waals surface area (Å²) in [5.74, 6) is 3.65. The van der Waals surface area contributed by atoms with Crippen molar-refractivity contribution in [3.8, 4) is 0 Å². The second kappa shape index (κ2) is 16.3. The number of fused-ring (bicyclic) bond motifs is 1. The average molecular weight is 515 g/mol. The lowest BCUT2D eigenvalue weighted by Crippen LogP contribution is -2.27. The molecular formula is C34H50N4. The van der Waals surface area contributed by atoms with Gasteiger partial charge < -0.3 is 10.2 Å². The summed E-state index contributed by atoms with van der Waals surface area (Å²) < 4.78 is 0. The van der Waals surface area contributed by atoms with E-state index in [0.29, 0.717) is 0 Å². The van der Waals surface area contributed by atoms with Crippen LogP contribution >= 0.6 is 0 Å². The van der Waals surface area contributed by atoms with Crippen LogP contribution in [0.1, 0.15) is 83.0 Å². The Morgan fingerprint density at radius 3 is 2.34 bits per heavy atom. The van der Waals surface area contributed by atoms with Crippen LogP contribution < -0.4 is 10.2 Å². The van der Waals surface area contributed by atoms with Crippen LogP contribution in [0.3, 0.4) is 0 Å². The maximum atomic E-state index is 4.42. The Bertz CT molecular complexity index is 1100. The lowest BCUT2D eigenvalue weighted by Gasteiger charge is -2.26. The van der Waals surface area contributed by atoms with E-state index in [0.717, 1.165) is 40.9 Å². The summed E-state index contributed by atoms with van der Waals surface area (Å²) in [6.07, 6.45) is 14.7. The van der Waals surface area contributed by atoms with E-state index in [9.17, 15) is 0 Å². The Labute approximate surface area is 232 Å². The Balaban J connectivity index is 0.000000241. The van der Waals surface area contributed by atoms with Crippen LogP contribution in [-0.2, 0) is 0 Å². The summed E-state index contributed by atoms with van der Waals surface area (Å²) in [5.41, 5.74) is 3.92. The Kier molecular flexibility index (Phi) is 12.8. The van der Waals surface area contributed by atoms with Crippen molar-refractivity contribution in [1.82, 2.24) is 15.3 Å². The number of benzene rings is 2. The molecule has 3 aromatic rings. The van der Waals surface area contributed by atoms with Crippen molar-refractivity contribution in [2.24, 2.45) is 11.8 Å². The summed E-state index contributed by atoms with van der Waals surface area (Å²) in [6, 6.07) is 18.9. The van der Waals surface area contributed by atoms with Crippen molar-refractivity contribution in [3.05, 3.63) is 71.6 Å². The summed E-state index contributed by atoms with van der Waals surface area (Å²) in [6.45, 7) is 8.87. The van der Waals surface area contributed by atoms with Crippen molar-refractivity contribution in [2.75, 3.05) is 32.1 Å². The number of hydrogen-bond donors (Lipinski definition) is 1. The van der Waals surface area contributed by atoms with E-state index < -0.39 is 0 Å². The molecular weight excluding hydrogens is 464 g/mol. The number of aryl methyl sites for hydroxylation is 1. The first-order valence-electron chi connectivity index (χ1n) is 14.8. The predicted octanol–water partition coefficient (Wildman–Crippen LogP) is 8.46. The highest BCUT2D eigenvalue weighted by Crippen LogP contribution is 2.27. The highest BCUT2D eigenvalue weighted by atomic mass is 15.1. The molecule has 1 saturated carbocycles. The molecule has 1 N–H and O–H groups in total. The first kappa shape index (κ1) is 29.8. The molecule has 0 radical (unpaired) electrons. The molecule has 0 atom stereocenters. The molecule has 4 nitrogen and oxygen atoms in total. The second-order valence-corrected chi connectivity index (χ2v) is 11.3. The molecule has 1 aliphatic carbocycles. The van der Waals surface area contributed by atoms with Crippen LogP contribution in [0.15, 0.2) is 60.2 Å². The standard InChI is InChI=1S/C23H37N.C11H13N3/c1-3-4-5-7-12-23(17-21-10-8-6-9-11-21)19-24-18-22-15-13-20(2)14-16-22;1-8-12-10-7-5-4-6-9(10)11(13-8)14(2)3/h6,8-11,17,20,22,24H,3-5,7,12-16,18-19H2,1-2H3;4-7H,1-3H3/b23-17+;. The zero-order valence-corrected chi connectivity index (χ0v) is 24.5. The van der Waals surface area contributed by atoms with Gasteiger partial charge in [0.15, 0.2) is 0 Å². The quantitative estimate of drug-likeness (QED) is 0.261. The number of anilines is 1. The molecule has 0 aliphatic heterocycles. The molecule has 4 rings (SSSR count). The van der Waals surface area contributed by atoms with Crippen LogP contribution in [-0.4, -0.2) is 37.2 Å². The Morgan fingerprint density at radius 2 is 1.63 bits per heavy atom. The van der Waals surface area contributed by atoms with Crippen molar-refractivity contribution in [3.63, 3.8) is 0 Å². The summed E-state index contributed by atoms with van der Waals surface area (Å²) >= 11 is 0. The minimum absolute atomic E-state index is 0.812. The molecule has 0 unspecified atom stereocenters. The van der Waals surface area contributed by atoms with Gasteiger partial charge in [-0.25, -0.2) is 9.97 Å². The Morgan fingerprint density at radius 1 is 0.921 bits per heavy atom. The lowest BCUT2D eigenvalue weighted by atomic mass is 9.83. The monoisotopic (exact) mass is 514 g/mol. The minimum atomic E-state index is 0.812. The van der Waals surface area contributed by atoms with Gasteiger partial charge in [-0.15, -0.1) is 0 Å². The van der Waals surface area contributed by atoms with E-state index in [1.54, 1.807) is 5.57 Å². The molecule has 1 fully saturated rings. The number of para-hydroxylation sites is 1. The van der Waals surface area contributed by atoms with Crippen LogP contribution in [0, 0.1) is 18.8 Å². The molecule has 38 heavy (non-hydrogen) atoms. The minimum Gasteiger partial charge on any atom is -0.362 e. The molecule has 206 valence electrons. The van der Waals surface area contributed by atoms with Gasteiger partial charge in [-0.2, -0.15) is 0 Å². The van der Waals surface area contributed by atoms with Crippen molar-refractivity contribution in [2.45, 2.75) is 78.6 Å². The molecule has 0 saturated heterocycles. The first-order valence-corrected chi connectivity index (χ1v) is 14.8. The lowest BCUT2D eigenvalue weighted by molar-refractivity contribution is 0.283. The fourth-order valence-electron chi connectivity index (χ4n) is 5.26. The molecule has 4 heteroatoms. The Hall–Kier alpha value is -2.72. The SMILES string of the molecule is CCCCCC/C(=C\c1ccccc1)CNCC1CCC(C)CC1.Cc1nc(N(C)C)c2ccccc2n1. The van der Waals surface area contributed by atoms with E-state index >= 15 is 0 Å². The third-order valence-electron chi connectivity index (χ3n) is 7.56. The zero-order chi connectivity index (χ0) is 27.2. The molecule has 1 heterocycles. The zero-order valence-electron chi connectivity index (χ0n) is 24.5. The van der Waals surface area contributed by atoms with Gasteiger partial charge in [0.1, 0.15) is 11.6 Å². The highest BCUT2D eigenvalue weighted by Gasteiger charge is 2.17. The van der Waals surface area contributed by atoms with Crippen molar-refractivity contribution in [1.29, 1.82) is 0 Å². The van der Waals surface area contributed by atoms with Crippen LogP contribution in [0.25, 0.3) is 17.0 Å². The van der Waals surface area contributed by atoms with Crippen LogP contribution in [0.5, 0.6) is 0 Å². The van der Waals surface area contributed by atoms with E-state index in [4.69, 9.17) is 0 Å². The second-order valence-electron chi connectivity index (χ2n) is 11.3. The predicted molar refractivity (Wildman–Crippen MR) is 166 cm³/mol. The van der Waals surface area contributed by atoms with Gasteiger partial charge in [-0.1, -0.05) is 100 Å². The van der Waals surface area contributed by atoms with Crippen molar-refractivity contribution >= 4 is 22.8 Å². The molecule has 0 spiro atoms. The van der Waals surface area contributed by atoms with Gasteiger partial charge >= 0.3 is 0 Å². The van der Waals surface area contributed by atoms with Crippen molar-refractivity contribution < 1.29 is 0 Å². The molecule has 0 amide bonds. The van der Waals surface area contributed by atoms with Crippen LogP contribution in [0.4, 0.5) is 5.82 Å². The van der Waals surface area contributed by atoms with Gasteiger partial charge in [-0.3, -0.25) is 0 Å². The number of nitrogens with one attached hydrogen (secondary N) is 1. The van der Waals surface area contributed by atoms with Crippen LogP contribution in [0.2, 0.25) is 0 Å². The van der Waals surface area contributed by atoms with Gasteiger partial charge in [0.2, 0.25) is 0 Å².